The van der Waals surface area contributed by atoms with Crippen LogP contribution in [0.25, 0.3) is 22.3 Å². The highest BCUT2D eigenvalue weighted by Gasteiger charge is 2.22. The van der Waals surface area contributed by atoms with Crippen molar-refractivity contribution < 1.29 is 19.4 Å². The number of aromatic nitrogens is 4. The maximum Gasteiger partial charge on any atom is 0.273 e. The number of aryl methyl sites for hydroxylation is 1. The molecule has 0 spiro atoms. The van der Waals surface area contributed by atoms with E-state index in [2.05, 4.69) is 10.4 Å². The molecule has 2 aromatic heterocycles. The normalized spacial score (nSPS) is 13.9. The molecule has 2 aromatic carbocycles. The van der Waals surface area contributed by atoms with E-state index in [1.54, 1.807) is 37.4 Å². The van der Waals surface area contributed by atoms with Crippen molar-refractivity contribution in [3.63, 3.8) is 0 Å². The third-order valence-electron chi connectivity index (χ3n) is 7.14. The molecule has 4 aromatic rings. The molecule has 0 radical (unpaired) electrons. The molecule has 2 N–H and O–H groups in total. The molecule has 10 heteroatoms. The maximum absolute atomic E-state index is 13.7. The van der Waals surface area contributed by atoms with E-state index in [0.717, 1.165) is 43.7 Å². The number of hydrogen-bond acceptors (Lipinski definition) is 8. The number of nitrogens with one attached hydrogen (secondary N) is 1. The number of piperidine rings is 1. The summed E-state index contributed by atoms with van der Waals surface area (Å²) in [4.78, 5) is 24.7. The fourth-order valence-electron chi connectivity index (χ4n) is 4.87. The second kappa shape index (κ2) is 11.3. The number of ether oxygens (including phenoxy) is 2. The zero-order chi connectivity index (χ0) is 27.5. The van der Waals surface area contributed by atoms with Gasteiger partial charge in [-0.2, -0.15) is 5.10 Å². The number of fused-ring (bicyclic) bond motifs is 1. The van der Waals surface area contributed by atoms with Gasteiger partial charge in [-0.1, -0.05) is 0 Å². The van der Waals surface area contributed by atoms with E-state index in [0.29, 0.717) is 40.3 Å². The summed E-state index contributed by atoms with van der Waals surface area (Å²) < 4.78 is 13.8. The van der Waals surface area contributed by atoms with Gasteiger partial charge < -0.3 is 24.8 Å². The summed E-state index contributed by atoms with van der Waals surface area (Å²) in [5.74, 6) is 1.38. The number of carbonyl (C=O) groups excluding carboxylic acids is 1. The monoisotopic (exact) mass is 530 g/mol. The van der Waals surface area contributed by atoms with Crippen LogP contribution in [0.3, 0.4) is 0 Å². The molecule has 0 saturated carbocycles. The maximum atomic E-state index is 13.7. The number of nitrogens with zero attached hydrogens (tertiary/aromatic N) is 5. The Balaban J connectivity index is 1.50. The lowest BCUT2D eigenvalue weighted by molar-refractivity contribution is 0.0781. The van der Waals surface area contributed by atoms with Crippen molar-refractivity contribution in [1.29, 1.82) is 0 Å². The molecular formula is C29H34N6O4. The summed E-state index contributed by atoms with van der Waals surface area (Å²) in [6.07, 6.45) is 3.79. The van der Waals surface area contributed by atoms with Crippen molar-refractivity contribution in [3.05, 3.63) is 59.5 Å². The molecule has 0 atom stereocenters. The van der Waals surface area contributed by atoms with Gasteiger partial charge in [0.2, 0.25) is 0 Å². The molecule has 3 heterocycles. The molecule has 1 saturated heterocycles. The number of benzene rings is 2. The molecular weight excluding hydrogens is 496 g/mol. The van der Waals surface area contributed by atoms with Crippen LogP contribution >= 0.6 is 0 Å². The lowest BCUT2D eigenvalue weighted by atomic mass is 10.1. The largest absolute Gasteiger partial charge is 0.508 e. The summed E-state index contributed by atoms with van der Waals surface area (Å²) in [6, 6.07) is 10.3. The fraction of sp³-hybridized carbons (Fsp3) is 0.379. The highest BCUT2D eigenvalue weighted by Crippen LogP contribution is 2.34. The fourth-order valence-corrected chi connectivity index (χ4v) is 4.87. The van der Waals surface area contributed by atoms with Gasteiger partial charge in [0, 0.05) is 42.3 Å². The first-order chi connectivity index (χ1) is 18.9. The van der Waals surface area contributed by atoms with Gasteiger partial charge in [-0.3, -0.25) is 9.48 Å². The van der Waals surface area contributed by atoms with E-state index in [1.165, 1.54) is 6.07 Å². The lowest BCUT2D eigenvalue weighted by Crippen LogP contribution is -2.34. The Bertz CT molecular complexity index is 1490. The Hall–Kier alpha value is -4.18. The van der Waals surface area contributed by atoms with Gasteiger partial charge in [0.15, 0.2) is 17.3 Å². The zero-order valence-electron chi connectivity index (χ0n) is 22.8. The smallest absolute Gasteiger partial charge is 0.273 e. The van der Waals surface area contributed by atoms with E-state index < -0.39 is 0 Å². The van der Waals surface area contributed by atoms with Crippen LogP contribution in [-0.2, 0) is 13.1 Å². The summed E-state index contributed by atoms with van der Waals surface area (Å²) in [6.45, 7) is 7.01. The number of amides is 1. The Kier molecular flexibility index (Phi) is 7.65. The van der Waals surface area contributed by atoms with Crippen molar-refractivity contribution in [3.8, 4) is 28.6 Å². The standard InChI is InChI=1S/C29H34N6O4/c1-5-35-18(2)20(16-31-35)17-34(3)29(37)27-23-15-21(36)7-8-24(23)32-28(33-27)19-6-9-25(26(14-19)38-4)39-22-10-12-30-13-11-22/h6-9,14-16,22,30,36H,5,10-13,17H2,1-4H3. The van der Waals surface area contributed by atoms with Crippen molar-refractivity contribution in [2.75, 3.05) is 27.2 Å². The van der Waals surface area contributed by atoms with Gasteiger partial charge in [-0.25, -0.2) is 9.97 Å². The minimum absolute atomic E-state index is 0.0386. The van der Waals surface area contributed by atoms with E-state index >= 15 is 0 Å². The number of rotatable bonds is 8. The quantitative estimate of drug-likeness (QED) is 0.352. The molecule has 1 aliphatic heterocycles. The van der Waals surface area contributed by atoms with Crippen LogP contribution in [0, 0.1) is 6.92 Å². The summed E-state index contributed by atoms with van der Waals surface area (Å²) >= 11 is 0. The van der Waals surface area contributed by atoms with E-state index in [-0.39, 0.29) is 23.5 Å². The summed E-state index contributed by atoms with van der Waals surface area (Å²) in [5.41, 5.74) is 3.43. The SMILES string of the molecule is CCn1ncc(CN(C)C(=O)c2nc(-c3ccc(OC4CCNCC4)c(OC)c3)nc3ccc(O)cc23)c1C. The van der Waals surface area contributed by atoms with Crippen LogP contribution in [0.2, 0.25) is 0 Å². The minimum Gasteiger partial charge on any atom is -0.508 e. The van der Waals surface area contributed by atoms with Gasteiger partial charge >= 0.3 is 0 Å². The second-order valence-corrected chi connectivity index (χ2v) is 9.76. The van der Waals surface area contributed by atoms with Gasteiger partial charge in [0.05, 0.1) is 18.8 Å². The Labute approximate surface area is 227 Å². The first-order valence-electron chi connectivity index (χ1n) is 13.2. The third kappa shape index (κ3) is 5.51. The van der Waals surface area contributed by atoms with E-state index in [9.17, 15) is 9.90 Å². The number of methoxy groups -OCH3 is 1. The predicted octanol–water partition coefficient (Wildman–Crippen LogP) is 3.94. The average Bonchev–Trinajstić information content (AvgIpc) is 3.31. The molecule has 1 fully saturated rings. The van der Waals surface area contributed by atoms with Gasteiger partial charge in [-0.05, 0) is 76.2 Å². The van der Waals surface area contributed by atoms with Crippen molar-refractivity contribution in [2.45, 2.75) is 45.9 Å². The average molecular weight is 531 g/mol. The molecule has 1 amide bonds. The molecule has 0 unspecified atom stereocenters. The molecule has 0 aliphatic carbocycles. The number of phenols is 1. The molecule has 5 rings (SSSR count). The first-order valence-corrected chi connectivity index (χ1v) is 13.2. The molecule has 39 heavy (non-hydrogen) atoms. The molecule has 10 nitrogen and oxygen atoms in total. The van der Waals surface area contributed by atoms with Gasteiger partial charge in [0.25, 0.3) is 5.91 Å². The topological polar surface area (TPSA) is 115 Å². The number of phenolic OH excluding ortho intramolecular Hbond substituents is 1. The van der Waals surface area contributed by atoms with Gasteiger partial charge in [0.1, 0.15) is 17.5 Å². The van der Waals surface area contributed by atoms with Crippen molar-refractivity contribution in [1.82, 2.24) is 30.0 Å². The zero-order valence-corrected chi connectivity index (χ0v) is 22.8. The number of carbonyl (C=O) groups is 1. The highest BCUT2D eigenvalue weighted by molar-refractivity contribution is 6.05. The van der Waals surface area contributed by atoms with Gasteiger partial charge in [-0.15, -0.1) is 0 Å². The van der Waals surface area contributed by atoms with Crippen LogP contribution in [-0.4, -0.2) is 69.0 Å². The summed E-state index contributed by atoms with van der Waals surface area (Å²) in [5, 5.41) is 18.4. The number of hydrogen-bond donors (Lipinski definition) is 2. The Morgan fingerprint density at radius 3 is 2.67 bits per heavy atom. The first kappa shape index (κ1) is 26.4. The minimum atomic E-state index is -0.282. The predicted molar refractivity (Wildman–Crippen MR) is 148 cm³/mol. The van der Waals surface area contributed by atoms with Crippen LogP contribution in [0.5, 0.6) is 17.2 Å². The molecule has 204 valence electrons. The highest BCUT2D eigenvalue weighted by atomic mass is 16.5. The van der Waals surface area contributed by atoms with E-state index in [4.69, 9.17) is 19.4 Å². The Morgan fingerprint density at radius 1 is 1.15 bits per heavy atom. The van der Waals surface area contributed by atoms with Crippen molar-refractivity contribution >= 4 is 16.8 Å². The van der Waals surface area contributed by atoms with Crippen molar-refractivity contribution in [2.24, 2.45) is 0 Å². The van der Waals surface area contributed by atoms with Crippen LogP contribution in [0.15, 0.2) is 42.6 Å². The molecule has 1 aliphatic rings. The lowest BCUT2D eigenvalue weighted by Gasteiger charge is -2.24. The molecule has 0 bridgehead atoms. The van der Waals surface area contributed by atoms with Crippen LogP contribution < -0.4 is 14.8 Å². The van der Waals surface area contributed by atoms with Crippen LogP contribution in [0.1, 0.15) is 41.5 Å². The van der Waals surface area contributed by atoms with Crippen LogP contribution in [0.4, 0.5) is 0 Å². The number of aromatic hydroxyl groups is 1. The van der Waals surface area contributed by atoms with E-state index in [1.807, 2.05) is 36.7 Å². The third-order valence-corrected chi connectivity index (χ3v) is 7.14. The summed E-state index contributed by atoms with van der Waals surface area (Å²) in [7, 11) is 3.34. The second-order valence-electron chi connectivity index (χ2n) is 9.76. The Morgan fingerprint density at radius 2 is 1.95 bits per heavy atom.